The lowest BCUT2D eigenvalue weighted by Crippen LogP contribution is -2.58. The fraction of sp³-hybridized carbons (Fsp3) is 0.471. The largest absolute Gasteiger partial charge is 0.494 e. The Balaban J connectivity index is 0.841. The fourth-order valence-electron chi connectivity index (χ4n) is 8.30. The molecule has 0 saturated carbocycles. The molecule has 2 aliphatic heterocycles. The SMILES string of the molecule is Cc1ncsc1-c1ccc(CNC(=O)[C@@H]2CCCN2C(=O)C(NC(=O)COCCCCOCCCCOc2ccc(N3C(=S)N(c4ccc(C#N)c(C(F)(F)F)c4)C(=O)C3(C)C)cc2)C(C)(C)C)cc1. The second-order valence-corrected chi connectivity index (χ2v) is 20.0. The van der Waals surface area contributed by atoms with Gasteiger partial charge in [-0.05, 0) is 131 Å². The number of halogens is 3. The van der Waals surface area contributed by atoms with E-state index in [4.69, 9.17) is 26.4 Å². The van der Waals surface area contributed by atoms with Crippen molar-refractivity contribution >= 4 is 63.7 Å². The molecule has 2 N–H and O–H groups in total. The highest BCUT2D eigenvalue weighted by Gasteiger charge is 2.51. The number of aromatic nitrogens is 1. The molecular formula is C51H60F3N7O7S2. The van der Waals surface area contributed by atoms with Crippen LogP contribution in [0.3, 0.4) is 0 Å². The van der Waals surface area contributed by atoms with E-state index in [9.17, 15) is 37.6 Å². The van der Waals surface area contributed by atoms with Crippen molar-refractivity contribution in [1.82, 2.24) is 20.5 Å². The van der Waals surface area contributed by atoms with Crippen LogP contribution in [0.1, 0.15) is 95.5 Å². The van der Waals surface area contributed by atoms with Crippen LogP contribution in [-0.4, -0.2) is 95.8 Å². The van der Waals surface area contributed by atoms with Gasteiger partial charge in [-0.25, -0.2) is 4.98 Å². The molecule has 1 aromatic heterocycles. The average molecular weight is 1000 g/mol. The smallest absolute Gasteiger partial charge is 0.417 e. The molecular weight excluding hydrogens is 944 g/mol. The Morgan fingerprint density at radius 2 is 1.59 bits per heavy atom. The maximum atomic E-state index is 13.9. The van der Waals surface area contributed by atoms with Crippen LogP contribution < -0.4 is 25.2 Å². The topological polar surface area (TPSA) is 166 Å². The van der Waals surface area contributed by atoms with Gasteiger partial charge in [0.1, 0.15) is 30.0 Å². The Morgan fingerprint density at radius 3 is 2.20 bits per heavy atom. The number of carbonyl (C=O) groups excluding carboxylic acids is 4. The van der Waals surface area contributed by atoms with Crippen molar-refractivity contribution in [3.8, 4) is 22.3 Å². The molecule has 0 aliphatic carbocycles. The molecule has 19 heteroatoms. The summed E-state index contributed by atoms with van der Waals surface area (Å²) in [6.45, 7) is 13.3. The van der Waals surface area contributed by atoms with Crippen LogP contribution in [0.5, 0.6) is 5.75 Å². The molecule has 0 radical (unpaired) electrons. The summed E-state index contributed by atoms with van der Waals surface area (Å²) in [7, 11) is 0. The van der Waals surface area contributed by atoms with Crippen LogP contribution >= 0.6 is 23.6 Å². The van der Waals surface area contributed by atoms with E-state index in [0.29, 0.717) is 70.2 Å². The van der Waals surface area contributed by atoms with Crippen molar-refractivity contribution in [2.75, 3.05) is 49.4 Å². The zero-order chi connectivity index (χ0) is 50.8. The molecule has 374 valence electrons. The van der Waals surface area contributed by atoms with Crippen LogP contribution in [-0.2, 0) is 41.4 Å². The molecule has 0 spiro atoms. The van der Waals surface area contributed by atoms with E-state index in [-0.39, 0.29) is 29.2 Å². The van der Waals surface area contributed by atoms with Crippen LogP contribution in [0.4, 0.5) is 24.5 Å². The number of nitriles is 1. The van der Waals surface area contributed by atoms with E-state index in [2.05, 4.69) is 15.6 Å². The van der Waals surface area contributed by atoms with Gasteiger partial charge in [0.15, 0.2) is 5.11 Å². The van der Waals surface area contributed by atoms with E-state index < -0.39 is 52.2 Å². The highest BCUT2D eigenvalue weighted by Crippen LogP contribution is 2.40. The third kappa shape index (κ3) is 13.1. The third-order valence-electron chi connectivity index (χ3n) is 12.1. The number of nitrogens with zero attached hydrogens (tertiary/aromatic N) is 5. The number of likely N-dealkylation sites (tertiary alicyclic amines) is 1. The first-order valence-corrected chi connectivity index (χ1v) is 24.6. The van der Waals surface area contributed by atoms with Crippen molar-refractivity contribution in [1.29, 1.82) is 5.26 Å². The summed E-state index contributed by atoms with van der Waals surface area (Å²) < 4.78 is 58.4. The van der Waals surface area contributed by atoms with Crippen molar-refractivity contribution < 1.29 is 46.6 Å². The number of nitrogens with one attached hydrogen (secondary N) is 2. The zero-order valence-corrected chi connectivity index (χ0v) is 42.0. The number of anilines is 2. The van der Waals surface area contributed by atoms with E-state index in [1.165, 1.54) is 6.07 Å². The predicted octanol–water partition coefficient (Wildman–Crippen LogP) is 8.74. The highest BCUT2D eigenvalue weighted by atomic mass is 32.1. The van der Waals surface area contributed by atoms with Gasteiger partial charge in [-0.1, -0.05) is 45.0 Å². The van der Waals surface area contributed by atoms with E-state index in [1.54, 1.807) is 65.3 Å². The van der Waals surface area contributed by atoms with Crippen molar-refractivity contribution in [3.05, 3.63) is 94.6 Å². The summed E-state index contributed by atoms with van der Waals surface area (Å²) in [6, 6.07) is 18.1. The van der Waals surface area contributed by atoms with Gasteiger partial charge in [-0.15, -0.1) is 11.3 Å². The lowest BCUT2D eigenvalue weighted by Gasteiger charge is -2.35. The molecule has 4 amide bonds. The third-order valence-corrected chi connectivity index (χ3v) is 13.5. The van der Waals surface area contributed by atoms with Gasteiger partial charge in [0.2, 0.25) is 17.7 Å². The number of thiazole rings is 1. The zero-order valence-electron chi connectivity index (χ0n) is 40.3. The molecule has 4 aromatic rings. The number of alkyl halides is 3. The van der Waals surface area contributed by atoms with Crippen LogP contribution in [0.25, 0.3) is 10.4 Å². The number of carbonyl (C=O) groups is 4. The average Bonchev–Trinajstić information content (AvgIpc) is 4.03. The minimum absolute atomic E-state index is 0.00471. The lowest BCUT2D eigenvalue weighted by molar-refractivity contribution is -0.144. The molecule has 2 fully saturated rings. The molecule has 0 bridgehead atoms. The van der Waals surface area contributed by atoms with Crippen molar-refractivity contribution in [2.24, 2.45) is 5.41 Å². The number of thiocarbonyl (C=S) groups is 1. The number of amides is 4. The van der Waals surface area contributed by atoms with Crippen LogP contribution in [0.15, 0.2) is 72.2 Å². The number of aryl methyl sites for hydroxylation is 1. The summed E-state index contributed by atoms with van der Waals surface area (Å²) in [5, 5.41) is 15.1. The van der Waals surface area contributed by atoms with Gasteiger partial charge in [0.05, 0.1) is 45.6 Å². The van der Waals surface area contributed by atoms with Crippen molar-refractivity contribution in [2.45, 2.75) is 110 Å². The summed E-state index contributed by atoms with van der Waals surface area (Å²) in [5.74, 6) is -0.841. The van der Waals surface area contributed by atoms with Gasteiger partial charge in [0, 0.05) is 38.6 Å². The Bertz CT molecular complexity index is 2540. The Labute approximate surface area is 416 Å². The Kier molecular flexibility index (Phi) is 17.8. The maximum Gasteiger partial charge on any atom is 0.417 e. The first-order chi connectivity index (χ1) is 33.2. The highest BCUT2D eigenvalue weighted by molar-refractivity contribution is 7.81. The van der Waals surface area contributed by atoms with Crippen LogP contribution in [0.2, 0.25) is 0 Å². The van der Waals surface area contributed by atoms with E-state index >= 15 is 0 Å². The fourth-order valence-corrected chi connectivity index (χ4v) is 9.64. The standard InChI is InChI=1S/C51H60F3N7O7S2/c1-33-43(70-32-57-33)35-15-13-34(14-16-35)30-56-45(63)41-12-11-23-59(41)46(64)44(49(2,3)4)58-42(62)31-67-26-8-7-24-66-25-9-10-27-68-39-21-19-37(20-22-39)61-48(69)60(47(65)50(61,5)6)38-18-17-36(29-55)40(28-38)51(52,53)54/h13-22,28,32,41,44H,7-12,23-27,30-31H2,1-6H3,(H,56,63)(H,58,62)/t41-,44?/m0/s1. The molecule has 2 saturated heterocycles. The molecule has 3 heterocycles. The van der Waals surface area contributed by atoms with Crippen LogP contribution in [0, 0.1) is 23.7 Å². The van der Waals surface area contributed by atoms with Gasteiger partial charge >= 0.3 is 6.18 Å². The maximum absolute atomic E-state index is 13.9. The van der Waals surface area contributed by atoms with Crippen molar-refractivity contribution in [3.63, 3.8) is 0 Å². The predicted molar refractivity (Wildman–Crippen MR) is 265 cm³/mol. The van der Waals surface area contributed by atoms with Gasteiger partial charge in [-0.3, -0.25) is 24.1 Å². The molecule has 6 rings (SSSR count). The second kappa shape index (κ2) is 23.3. The monoisotopic (exact) mass is 1000 g/mol. The van der Waals surface area contributed by atoms with Gasteiger partial charge < -0.3 is 34.6 Å². The molecule has 2 atom stereocenters. The molecule has 14 nitrogen and oxygen atoms in total. The van der Waals surface area contributed by atoms with E-state index in [1.807, 2.05) is 57.5 Å². The molecule has 70 heavy (non-hydrogen) atoms. The summed E-state index contributed by atoms with van der Waals surface area (Å²) in [4.78, 5) is 63.5. The van der Waals surface area contributed by atoms with Gasteiger partial charge in [-0.2, -0.15) is 18.4 Å². The normalized spacial score (nSPS) is 16.3. The molecule has 1 unspecified atom stereocenters. The summed E-state index contributed by atoms with van der Waals surface area (Å²) in [6.07, 6.45) is -0.674. The Hall–Kier alpha value is -5.94. The molecule has 3 aromatic carbocycles. The molecule has 2 aliphatic rings. The number of hydrogen-bond acceptors (Lipinski definition) is 11. The minimum atomic E-state index is -4.79. The summed E-state index contributed by atoms with van der Waals surface area (Å²) in [5.41, 5.74) is 1.76. The quantitative estimate of drug-likeness (QED) is 0.0606. The number of hydrogen-bond donors (Lipinski definition) is 2. The lowest BCUT2D eigenvalue weighted by atomic mass is 9.85. The van der Waals surface area contributed by atoms with E-state index in [0.717, 1.165) is 58.0 Å². The minimum Gasteiger partial charge on any atom is -0.494 e. The van der Waals surface area contributed by atoms with Gasteiger partial charge in [0.25, 0.3) is 5.91 Å². The number of unbranched alkanes of at least 4 members (excludes halogenated alkanes) is 2. The first-order valence-electron chi connectivity index (χ1n) is 23.3. The number of benzene rings is 3. The summed E-state index contributed by atoms with van der Waals surface area (Å²) >= 11 is 7.21. The second-order valence-electron chi connectivity index (χ2n) is 18.8. The Morgan fingerprint density at radius 1 is 0.943 bits per heavy atom. The first kappa shape index (κ1) is 53.4. The number of rotatable bonds is 21. The number of ether oxygens (including phenoxy) is 3.